The largest absolute Gasteiger partial charge is 0.457 e. The lowest BCUT2D eigenvalue weighted by Gasteiger charge is -2.43. The molecule has 0 unspecified atom stereocenters. The van der Waals surface area contributed by atoms with E-state index in [0.717, 1.165) is 17.7 Å². The van der Waals surface area contributed by atoms with Crippen molar-refractivity contribution in [1.29, 1.82) is 0 Å². The van der Waals surface area contributed by atoms with Gasteiger partial charge in [0.2, 0.25) is 0 Å². The van der Waals surface area contributed by atoms with Crippen LogP contribution < -0.4 is 4.74 Å². The van der Waals surface area contributed by atoms with Gasteiger partial charge in [0.1, 0.15) is 28.6 Å². The molecule has 2 aromatic carbocycles. The van der Waals surface area contributed by atoms with Crippen molar-refractivity contribution >= 4 is 23.2 Å². The quantitative estimate of drug-likeness (QED) is 0.479. The van der Waals surface area contributed by atoms with Gasteiger partial charge in [0.15, 0.2) is 11.6 Å². The highest BCUT2D eigenvalue weighted by atomic mass is 35.5. The van der Waals surface area contributed by atoms with Crippen LogP contribution in [0, 0.1) is 0 Å². The molecule has 0 spiro atoms. The summed E-state index contributed by atoms with van der Waals surface area (Å²) in [6, 6.07) is 8.08. The van der Waals surface area contributed by atoms with E-state index in [1.165, 1.54) is 6.07 Å². The Morgan fingerprint density at radius 1 is 0.969 bits per heavy atom. The van der Waals surface area contributed by atoms with Gasteiger partial charge in [0.25, 0.3) is 0 Å². The second kappa shape index (κ2) is 8.19. The molecule has 0 bridgehead atoms. The number of carbonyl (C=O) groups is 2. The highest BCUT2D eigenvalue weighted by molar-refractivity contribution is 6.31. The monoisotopic (exact) mass is 468 g/mol. The maximum absolute atomic E-state index is 13.2. The van der Waals surface area contributed by atoms with E-state index in [0.29, 0.717) is 12.0 Å². The van der Waals surface area contributed by atoms with Crippen molar-refractivity contribution < 1.29 is 32.2 Å². The summed E-state index contributed by atoms with van der Waals surface area (Å²) in [6.45, 7) is 8.37. The van der Waals surface area contributed by atoms with E-state index in [4.69, 9.17) is 21.1 Å². The SMILES string of the molecule is CCc1ccc(Oc2ccc(Cl)c(C(F)(F)F)c2)cc1C1C(=O)C(C)(C)OC(C)(C)C1=O. The predicted octanol–water partition coefficient (Wildman–Crippen LogP) is 6.52. The van der Waals surface area contributed by atoms with Gasteiger partial charge in [-0.15, -0.1) is 0 Å². The zero-order chi connectivity index (χ0) is 24.1. The Hall–Kier alpha value is -2.38. The maximum Gasteiger partial charge on any atom is 0.417 e. The molecule has 0 aliphatic carbocycles. The molecule has 0 radical (unpaired) electrons. The first-order chi connectivity index (χ1) is 14.7. The van der Waals surface area contributed by atoms with Gasteiger partial charge in [0, 0.05) is 0 Å². The van der Waals surface area contributed by atoms with Crippen LogP contribution in [0.3, 0.4) is 0 Å². The smallest absolute Gasteiger partial charge is 0.417 e. The van der Waals surface area contributed by atoms with Crippen molar-refractivity contribution in [2.45, 2.75) is 64.3 Å². The van der Waals surface area contributed by atoms with Crippen LogP contribution in [0.2, 0.25) is 5.02 Å². The van der Waals surface area contributed by atoms with Crippen LogP contribution in [0.25, 0.3) is 0 Å². The number of Topliss-reactive ketones (excluding diaryl/α,β-unsaturated/α-hetero) is 2. The van der Waals surface area contributed by atoms with Crippen LogP contribution in [0.4, 0.5) is 13.2 Å². The molecule has 0 amide bonds. The molecule has 32 heavy (non-hydrogen) atoms. The molecule has 1 fully saturated rings. The molecule has 3 rings (SSSR count). The number of halogens is 4. The van der Waals surface area contributed by atoms with Crippen molar-refractivity contribution in [3.63, 3.8) is 0 Å². The third-order valence-corrected chi connectivity index (χ3v) is 5.84. The van der Waals surface area contributed by atoms with Gasteiger partial charge < -0.3 is 9.47 Å². The highest BCUT2D eigenvalue weighted by Gasteiger charge is 2.53. The summed E-state index contributed by atoms with van der Waals surface area (Å²) in [4.78, 5) is 26.3. The first-order valence-corrected chi connectivity index (χ1v) is 10.5. The van der Waals surface area contributed by atoms with Crippen molar-refractivity contribution in [1.82, 2.24) is 0 Å². The molecule has 0 aromatic heterocycles. The van der Waals surface area contributed by atoms with Crippen LogP contribution in [-0.2, 0) is 26.9 Å². The minimum absolute atomic E-state index is 0.0674. The Kier molecular flexibility index (Phi) is 6.21. The van der Waals surface area contributed by atoms with Crippen molar-refractivity contribution in [3.05, 3.63) is 58.1 Å². The number of carbonyl (C=O) groups excluding carboxylic acids is 2. The van der Waals surface area contributed by atoms with Crippen molar-refractivity contribution in [3.8, 4) is 11.5 Å². The van der Waals surface area contributed by atoms with Crippen molar-refractivity contribution in [2.24, 2.45) is 0 Å². The molecule has 0 N–H and O–H groups in total. The predicted molar refractivity (Wildman–Crippen MR) is 114 cm³/mol. The molecule has 172 valence electrons. The Labute approximate surface area is 189 Å². The van der Waals surface area contributed by atoms with Gasteiger partial charge in [-0.1, -0.05) is 24.6 Å². The van der Waals surface area contributed by atoms with E-state index in [9.17, 15) is 22.8 Å². The molecular weight excluding hydrogens is 445 g/mol. The standard InChI is InChI=1S/C24H24ClF3O4/c1-6-13-7-8-14(31-15-9-10-18(25)17(12-15)24(26,27)28)11-16(13)19-20(29)22(2,3)32-23(4,5)21(19)30/h7-12,19H,6H2,1-5H3. The summed E-state index contributed by atoms with van der Waals surface area (Å²) in [5.74, 6) is -1.68. The van der Waals surface area contributed by atoms with E-state index < -0.39 is 33.9 Å². The fraction of sp³-hybridized carbons (Fsp3) is 0.417. The fourth-order valence-electron chi connectivity index (χ4n) is 3.98. The molecule has 1 heterocycles. The van der Waals surface area contributed by atoms with Crippen LogP contribution in [0.5, 0.6) is 11.5 Å². The number of ketones is 2. The summed E-state index contributed by atoms with van der Waals surface area (Å²) in [6.07, 6.45) is -4.08. The zero-order valence-electron chi connectivity index (χ0n) is 18.4. The van der Waals surface area contributed by atoms with Gasteiger partial charge >= 0.3 is 6.18 Å². The molecule has 2 aromatic rings. The fourth-order valence-corrected chi connectivity index (χ4v) is 4.21. The van der Waals surface area contributed by atoms with E-state index in [1.54, 1.807) is 45.9 Å². The number of benzene rings is 2. The third kappa shape index (κ3) is 4.55. The molecule has 1 saturated heterocycles. The number of alkyl halides is 3. The summed E-state index contributed by atoms with van der Waals surface area (Å²) < 4.78 is 50.9. The van der Waals surface area contributed by atoms with Crippen LogP contribution in [0.1, 0.15) is 57.2 Å². The number of aryl methyl sites for hydroxylation is 1. The van der Waals surface area contributed by atoms with E-state index in [1.807, 2.05) is 6.92 Å². The number of rotatable bonds is 4. The Morgan fingerprint density at radius 2 is 1.50 bits per heavy atom. The van der Waals surface area contributed by atoms with Gasteiger partial charge in [-0.25, -0.2) is 0 Å². The van der Waals surface area contributed by atoms with Crippen LogP contribution in [-0.4, -0.2) is 22.8 Å². The van der Waals surface area contributed by atoms with E-state index >= 15 is 0 Å². The van der Waals surface area contributed by atoms with Gasteiger partial charge in [0.05, 0.1) is 10.6 Å². The molecule has 0 atom stereocenters. The zero-order valence-corrected chi connectivity index (χ0v) is 19.1. The lowest BCUT2D eigenvalue weighted by atomic mass is 9.73. The number of ether oxygens (including phenoxy) is 2. The second-order valence-electron chi connectivity index (χ2n) is 8.74. The number of hydrogen-bond acceptors (Lipinski definition) is 4. The Bertz CT molecular complexity index is 1050. The van der Waals surface area contributed by atoms with Crippen molar-refractivity contribution in [2.75, 3.05) is 0 Å². The molecule has 1 aliphatic heterocycles. The molecule has 1 aliphatic rings. The Morgan fingerprint density at radius 3 is 2.03 bits per heavy atom. The third-order valence-electron chi connectivity index (χ3n) is 5.51. The molecule has 0 saturated carbocycles. The highest BCUT2D eigenvalue weighted by Crippen LogP contribution is 2.42. The minimum atomic E-state index is -4.63. The maximum atomic E-state index is 13.2. The first-order valence-electron chi connectivity index (χ1n) is 10.1. The molecular formula is C24H24ClF3O4. The van der Waals surface area contributed by atoms with Crippen LogP contribution in [0.15, 0.2) is 36.4 Å². The summed E-state index contributed by atoms with van der Waals surface area (Å²) in [5, 5.41) is -0.435. The lowest BCUT2D eigenvalue weighted by molar-refractivity contribution is -0.184. The first kappa shape index (κ1) is 24.3. The van der Waals surface area contributed by atoms with E-state index in [-0.39, 0.29) is 23.1 Å². The Balaban J connectivity index is 2.05. The average Bonchev–Trinajstić information content (AvgIpc) is 2.67. The topological polar surface area (TPSA) is 52.6 Å². The van der Waals surface area contributed by atoms with Gasteiger partial charge in [-0.2, -0.15) is 13.2 Å². The van der Waals surface area contributed by atoms with Crippen LogP contribution >= 0.6 is 11.6 Å². The van der Waals surface area contributed by atoms with Gasteiger partial charge in [-0.05, 0) is 75.6 Å². The summed E-state index contributed by atoms with van der Waals surface area (Å²) >= 11 is 5.67. The minimum Gasteiger partial charge on any atom is -0.457 e. The average molecular weight is 469 g/mol. The second-order valence-corrected chi connectivity index (χ2v) is 9.15. The molecule has 4 nitrogen and oxygen atoms in total. The van der Waals surface area contributed by atoms with Gasteiger partial charge in [-0.3, -0.25) is 9.59 Å². The van der Waals surface area contributed by atoms with E-state index in [2.05, 4.69) is 0 Å². The lowest BCUT2D eigenvalue weighted by Crippen LogP contribution is -2.58. The summed E-state index contributed by atoms with van der Waals surface area (Å²) in [7, 11) is 0. The summed E-state index contributed by atoms with van der Waals surface area (Å²) in [5.41, 5.74) is -2.14. The normalized spacial score (nSPS) is 18.7. The number of hydrogen-bond donors (Lipinski definition) is 0. The molecule has 8 heteroatoms.